The number of hydrogen-bond acceptors (Lipinski definition) is 2. The van der Waals surface area contributed by atoms with Crippen molar-refractivity contribution in [1.29, 1.82) is 0 Å². The average Bonchev–Trinajstić information content (AvgIpc) is 3.40. The molecule has 0 atom stereocenters. The van der Waals surface area contributed by atoms with Crippen molar-refractivity contribution in [2.24, 2.45) is 0 Å². The number of nitrogens with two attached hydrogens (primary N) is 2. The van der Waals surface area contributed by atoms with Crippen LogP contribution in [0.4, 0.5) is 11.4 Å². The Bertz CT molecular complexity index is 3530. The molecule has 4 N–H and O–H groups in total. The first-order chi connectivity index (χ1) is 32.7. The van der Waals surface area contributed by atoms with Gasteiger partial charge in [0, 0.05) is 22.3 Å². The molecule has 0 aliphatic rings. The molecule has 11 aromatic rings. The van der Waals surface area contributed by atoms with E-state index in [1.165, 1.54) is 10.8 Å². The topological polar surface area (TPSA) is 52.0 Å². The van der Waals surface area contributed by atoms with Crippen molar-refractivity contribution in [3.63, 3.8) is 0 Å². The second-order valence-electron chi connectivity index (χ2n) is 16.7. The number of nitrogen functional groups attached to an aromatic ring is 2. The predicted molar refractivity (Wildman–Crippen MR) is 282 cm³/mol. The van der Waals surface area contributed by atoms with E-state index in [0.29, 0.717) is 11.4 Å². The van der Waals surface area contributed by atoms with Crippen LogP contribution in [0, 0.1) is 0 Å². The Labute approximate surface area is 386 Å². The van der Waals surface area contributed by atoms with Crippen molar-refractivity contribution in [3.8, 4) is 100 Å². The minimum atomic E-state index is 0.529. The van der Waals surface area contributed by atoms with E-state index < -0.39 is 0 Å². The van der Waals surface area contributed by atoms with Crippen molar-refractivity contribution in [2.45, 2.75) is 0 Å². The molecule has 11 aromatic carbocycles. The average molecular weight is 843 g/mol. The van der Waals surface area contributed by atoms with Gasteiger partial charge in [0.15, 0.2) is 0 Å². The van der Waals surface area contributed by atoms with Crippen molar-refractivity contribution in [1.82, 2.24) is 0 Å². The lowest BCUT2D eigenvalue weighted by atomic mass is 9.75. The molecule has 0 saturated carbocycles. The molecule has 0 bridgehead atoms. The van der Waals surface area contributed by atoms with Crippen LogP contribution in [0.2, 0.25) is 0 Å². The molecule has 0 fully saturated rings. The third-order valence-corrected chi connectivity index (χ3v) is 12.9. The maximum Gasteiger partial charge on any atom is 0.0640 e. The molecule has 0 aromatic heterocycles. The highest BCUT2D eigenvalue weighted by Gasteiger charge is 2.30. The van der Waals surface area contributed by atoms with Crippen LogP contribution in [0.3, 0.4) is 0 Å². The predicted octanol–water partition coefficient (Wildman–Crippen LogP) is 17.0. The Hall–Kier alpha value is -8.72. The molecule has 0 amide bonds. The van der Waals surface area contributed by atoms with E-state index in [1.54, 1.807) is 0 Å². The summed E-state index contributed by atoms with van der Waals surface area (Å²) in [5.74, 6) is 0. The molecule has 0 aliphatic carbocycles. The highest BCUT2D eigenvalue weighted by atomic mass is 14.7. The number of anilines is 2. The Kier molecular flexibility index (Phi) is 10.6. The lowest BCUT2D eigenvalue weighted by Crippen LogP contribution is -2.07. The largest absolute Gasteiger partial charge is 0.397 e. The van der Waals surface area contributed by atoms with E-state index in [-0.39, 0.29) is 0 Å². The van der Waals surface area contributed by atoms with Gasteiger partial charge in [-0.05, 0) is 88.7 Å². The Morgan fingerprint density at radius 3 is 0.864 bits per heavy atom. The normalized spacial score (nSPS) is 11.2. The smallest absolute Gasteiger partial charge is 0.0640 e. The van der Waals surface area contributed by atoms with E-state index in [9.17, 15) is 0 Å². The van der Waals surface area contributed by atoms with Gasteiger partial charge in [-0.25, -0.2) is 0 Å². The zero-order chi connectivity index (χ0) is 44.4. The lowest BCUT2D eigenvalue weighted by molar-refractivity contribution is 1.51. The minimum absolute atomic E-state index is 0.529. The number of hydrogen-bond donors (Lipinski definition) is 2. The summed E-state index contributed by atoms with van der Waals surface area (Å²) in [5.41, 5.74) is 35.7. The standard InChI is InChI=1S/C64H46N2/c65-63-61(57-40-20-16-36-53(57)51-35-15-12-32-47(51)43-23-4-1-5-24-43)59(55-38-18-13-33-49(55)44-25-6-2-7-26-44)60(56-39-19-14-34-50(56)45-27-8-3-9-28-45)62(64(63)66)58-41-21-17-37-54(58)52-42-22-30-46-29-10-11-31-48(46)52/h1-42H,65-66H2. The summed E-state index contributed by atoms with van der Waals surface area (Å²) in [4.78, 5) is 0. The molecule has 0 unspecified atom stereocenters. The fourth-order valence-corrected chi connectivity index (χ4v) is 9.95. The third-order valence-electron chi connectivity index (χ3n) is 12.9. The summed E-state index contributed by atoms with van der Waals surface area (Å²) >= 11 is 0. The molecule has 2 nitrogen and oxygen atoms in total. The van der Waals surface area contributed by atoms with Gasteiger partial charge in [0.2, 0.25) is 0 Å². The van der Waals surface area contributed by atoms with Gasteiger partial charge in [-0.1, -0.05) is 255 Å². The SMILES string of the molecule is Nc1c(N)c(-c2ccccc2-c2cccc3ccccc23)c(-c2ccccc2-c2ccccc2)c(-c2ccccc2-c2ccccc2)c1-c1ccccc1-c1ccccc1-c1ccccc1. The monoisotopic (exact) mass is 842 g/mol. The molecule has 0 spiro atoms. The van der Waals surface area contributed by atoms with Gasteiger partial charge in [0.05, 0.1) is 11.4 Å². The first kappa shape index (κ1) is 40.1. The van der Waals surface area contributed by atoms with E-state index in [0.717, 1.165) is 100 Å². The zero-order valence-electron chi connectivity index (χ0n) is 36.4. The fourth-order valence-electron chi connectivity index (χ4n) is 9.95. The zero-order valence-corrected chi connectivity index (χ0v) is 36.4. The van der Waals surface area contributed by atoms with Crippen LogP contribution >= 0.6 is 0 Å². The quantitative estimate of drug-likeness (QED) is 0.142. The highest BCUT2D eigenvalue weighted by Crippen LogP contribution is 2.57. The fraction of sp³-hybridized carbons (Fsp3) is 0. The van der Waals surface area contributed by atoms with Crippen LogP contribution in [0.25, 0.3) is 111 Å². The molecule has 11 rings (SSSR count). The first-order valence-corrected chi connectivity index (χ1v) is 22.5. The number of fused-ring (bicyclic) bond motifs is 1. The van der Waals surface area contributed by atoms with E-state index >= 15 is 0 Å². The van der Waals surface area contributed by atoms with Gasteiger partial charge in [-0.3, -0.25) is 0 Å². The second kappa shape index (κ2) is 17.4. The molecule has 66 heavy (non-hydrogen) atoms. The van der Waals surface area contributed by atoms with E-state index in [1.807, 2.05) is 0 Å². The lowest BCUT2D eigenvalue weighted by Gasteiger charge is -2.29. The van der Waals surface area contributed by atoms with Crippen molar-refractivity contribution < 1.29 is 0 Å². The summed E-state index contributed by atoms with van der Waals surface area (Å²) in [6.07, 6.45) is 0. The Morgan fingerprint density at radius 2 is 0.439 bits per heavy atom. The number of benzene rings is 11. The van der Waals surface area contributed by atoms with E-state index in [4.69, 9.17) is 11.5 Å². The van der Waals surface area contributed by atoms with Gasteiger partial charge in [0.1, 0.15) is 0 Å². The minimum Gasteiger partial charge on any atom is -0.397 e. The summed E-state index contributed by atoms with van der Waals surface area (Å²) in [7, 11) is 0. The molecule has 2 heteroatoms. The summed E-state index contributed by atoms with van der Waals surface area (Å²) < 4.78 is 0. The second-order valence-corrected chi connectivity index (χ2v) is 16.7. The van der Waals surface area contributed by atoms with Crippen LogP contribution in [0.5, 0.6) is 0 Å². The highest BCUT2D eigenvalue weighted by molar-refractivity contribution is 6.18. The van der Waals surface area contributed by atoms with Gasteiger partial charge in [0.25, 0.3) is 0 Å². The van der Waals surface area contributed by atoms with Crippen molar-refractivity contribution in [2.75, 3.05) is 11.5 Å². The molecule has 0 heterocycles. The van der Waals surface area contributed by atoms with Crippen LogP contribution in [0.15, 0.2) is 255 Å². The molecular weight excluding hydrogens is 797 g/mol. The van der Waals surface area contributed by atoms with Crippen molar-refractivity contribution in [3.05, 3.63) is 255 Å². The molecular formula is C64H46N2. The first-order valence-electron chi connectivity index (χ1n) is 22.5. The van der Waals surface area contributed by atoms with Crippen LogP contribution in [-0.4, -0.2) is 0 Å². The van der Waals surface area contributed by atoms with Gasteiger partial charge in [-0.15, -0.1) is 0 Å². The maximum atomic E-state index is 7.83. The summed E-state index contributed by atoms with van der Waals surface area (Å²) in [6.45, 7) is 0. The molecule has 0 saturated heterocycles. The summed E-state index contributed by atoms with van der Waals surface area (Å²) in [5, 5.41) is 2.34. The number of rotatable bonds is 9. The third kappa shape index (κ3) is 7.12. The Morgan fingerprint density at radius 1 is 0.182 bits per heavy atom. The Balaban J connectivity index is 1.34. The van der Waals surface area contributed by atoms with Gasteiger partial charge in [-0.2, -0.15) is 0 Å². The van der Waals surface area contributed by atoms with Gasteiger partial charge >= 0.3 is 0 Å². The molecule has 0 radical (unpaired) electrons. The molecule has 312 valence electrons. The van der Waals surface area contributed by atoms with Crippen LogP contribution < -0.4 is 11.5 Å². The van der Waals surface area contributed by atoms with Crippen molar-refractivity contribution >= 4 is 22.1 Å². The van der Waals surface area contributed by atoms with Crippen LogP contribution in [-0.2, 0) is 0 Å². The maximum absolute atomic E-state index is 7.83. The molecule has 0 aliphatic heterocycles. The van der Waals surface area contributed by atoms with Crippen LogP contribution in [0.1, 0.15) is 0 Å². The van der Waals surface area contributed by atoms with E-state index in [2.05, 4.69) is 255 Å². The van der Waals surface area contributed by atoms with Gasteiger partial charge < -0.3 is 11.5 Å². The summed E-state index contributed by atoms with van der Waals surface area (Å²) in [6, 6.07) is 90.6.